The van der Waals surface area contributed by atoms with Gasteiger partial charge in [-0.1, -0.05) is 30.3 Å². The molecular formula is C28H24N4O4. The number of benzene rings is 3. The minimum absolute atomic E-state index is 0.121. The molecule has 8 heteroatoms. The Balaban J connectivity index is 1.09. The Labute approximate surface area is 206 Å². The van der Waals surface area contributed by atoms with E-state index in [2.05, 4.69) is 21.7 Å². The van der Waals surface area contributed by atoms with Gasteiger partial charge in [-0.25, -0.2) is 4.98 Å². The fourth-order valence-electron chi connectivity index (χ4n) is 4.79. The smallest absolute Gasteiger partial charge is 0.313 e. The van der Waals surface area contributed by atoms with E-state index in [1.807, 2.05) is 36.4 Å². The lowest BCUT2D eigenvalue weighted by atomic mass is 10.0. The molecule has 2 amide bonds. The number of carbonyl (C=O) groups is 2. The van der Waals surface area contributed by atoms with Gasteiger partial charge in [-0.05, 0) is 59.0 Å². The maximum absolute atomic E-state index is 12.7. The van der Waals surface area contributed by atoms with Crippen LogP contribution in [0.15, 0.2) is 65.5 Å². The predicted octanol–water partition coefficient (Wildman–Crippen LogP) is 3.20. The number of hydrogen-bond donors (Lipinski definition) is 2. The fraction of sp³-hybridized carbons (Fsp3) is 0.214. The van der Waals surface area contributed by atoms with Crippen molar-refractivity contribution >= 4 is 28.4 Å². The number of nitrogens with zero attached hydrogens (tertiary/aromatic N) is 2. The lowest BCUT2D eigenvalue weighted by Crippen LogP contribution is -2.35. The Bertz CT molecular complexity index is 1570. The molecule has 6 rings (SSSR count). The van der Waals surface area contributed by atoms with Crippen molar-refractivity contribution in [3.8, 4) is 16.9 Å². The van der Waals surface area contributed by atoms with Crippen LogP contribution in [0.25, 0.3) is 22.0 Å². The second-order valence-corrected chi connectivity index (χ2v) is 9.07. The van der Waals surface area contributed by atoms with Gasteiger partial charge < -0.3 is 15.4 Å². The van der Waals surface area contributed by atoms with Crippen LogP contribution >= 0.6 is 0 Å². The van der Waals surface area contributed by atoms with Crippen molar-refractivity contribution in [3.63, 3.8) is 0 Å². The number of fused-ring (bicyclic) bond motifs is 3. The zero-order chi connectivity index (χ0) is 24.6. The van der Waals surface area contributed by atoms with Gasteiger partial charge in [0.05, 0.1) is 17.5 Å². The third-order valence-electron chi connectivity index (χ3n) is 6.71. The van der Waals surface area contributed by atoms with Gasteiger partial charge in [0.25, 0.3) is 5.56 Å². The van der Waals surface area contributed by atoms with Crippen molar-refractivity contribution in [2.24, 2.45) is 0 Å². The number of anilines is 1. The highest BCUT2D eigenvalue weighted by Crippen LogP contribution is 2.30. The topological polar surface area (TPSA) is 102 Å². The highest BCUT2D eigenvalue weighted by Gasteiger charge is 2.18. The number of ether oxygens (including phenoxy) is 1. The van der Waals surface area contributed by atoms with Crippen LogP contribution < -0.4 is 20.9 Å². The minimum Gasteiger partial charge on any atom is -0.493 e. The largest absolute Gasteiger partial charge is 0.493 e. The Kier molecular flexibility index (Phi) is 5.48. The molecule has 180 valence electrons. The number of hydrogen-bond acceptors (Lipinski definition) is 5. The molecule has 3 aromatic carbocycles. The Hall–Kier alpha value is -4.46. The van der Waals surface area contributed by atoms with E-state index in [0.717, 1.165) is 54.1 Å². The second-order valence-electron chi connectivity index (χ2n) is 9.07. The number of amides is 2. The summed E-state index contributed by atoms with van der Waals surface area (Å²) in [5.74, 6) is 0.202. The van der Waals surface area contributed by atoms with Gasteiger partial charge in [-0.3, -0.25) is 19.0 Å². The number of rotatable bonds is 4. The highest BCUT2D eigenvalue weighted by molar-refractivity contribution is 6.39. The molecule has 2 N–H and O–H groups in total. The molecule has 4 aromatic rings. The first-order valence-corrected chi connectivity index (χ1v) is 12.0. The van der Waals surface area contributed by atoms with Gasteiger partial charge in [0, 0.05) is 31.6 Å². The molecule has 36 heavy (non-hydrogen) atoms. The van der Waals surface area contributed by atoms with E-state index in [-0.39, 0.29) is 12.1 Å². The maximum atomic E-state index is 12.7. The van der Waals surface area contributed by atoms with Gasteiger partial charge in [0.15, 0.2) is 0 Å². The van der Waals surface area contributed by atoms with Crippen LogP contribution in [0.4, 0.5) is 5.69 Å². The zero-order valence-corrected chi connectivity index (χ0v) is 19.5. The lowest BCUT2D eigenvalue weighted by Gasteiger charge is -2.09. The maximum Gasteiger partial charge on any atom is 0.313 e. The molecule has 0 fully saturated rings. The average molecular weight is 481 g/mol. The van der Waals surface area contributed by atoms with E-state index in [9.17, 15) is 14.4 Å². The average Bonchev–Trinajstić information content (AvgIpc) is 3.57. The van der Waals surface area contributed by atoms with Crippen molar-refractivity contribution in [1.82, 2.24) is 14.9 Å². The van der Waals surface area contributed by atoms with Crippen LogP contribution in [0.5, 0.6) is 5.75 Å². The summed E-state index contributed by atoms with van der Waals surface area (Å²) < 4.78 is 7.24. The van der Waals surface area contributed by atoms with Gasteiger partial charge in [-0.15, -0.1) is 0 Å². The SMILES string of the molecule is O=C(NCc1ccc(-c2ccc3c(c2)CCO3)cc1)C(=O)Nc1ccc2nc3n(c(=O)c2c1)CCC3. The third kappa shape index (κ3) is 4.11. The van der Waals surface area contributed by atoms with Crippen LogP contribution in [0, 0.1) is 0 Å². The van der Waals surface area contributed by atoms with E-state index in [1.54, 1.807) is 22.8 Å². The molecule has 0 bridgehead atoms. The van der Waals surface area contributed by atoms with Crippen LogP contribution in [0.3, 0.4) is 0 Å². The molecular weight excluding hydrogens is 456 g/mol. The predicted molar refractivity (Wildman–Crippen MR) is 136 cm³/mol. The van der Waals surface area contributed by atoms with Crippen LogP contribution in [0.2, 0.25) is 0 Å². The number of aryl methyl sites for hydroxylation is 1. The van der Waals surface area contributed by atoms with E-state index in [4.69, 9.17) is 4.74 Å². The first kappa shape index (κ1) is 22.0. The third-order valence-corrected chi connectivity index (χ3v) is 6.71. The summed E-state index contributed by atoms with van der Waals surface area (Å²) in [6.07, 6.45) is 2.61. The van der Waals surface area contributed by atoms with Gasteiger partial charge in [0.1, 0.15) is 11.6 Å². The lowest BCUT2D eigenvalue weighted by molar-refractivity contribution is -0.136. The quantitative estimate of drug-likeness (QED) is 0.437. The summed E-state index contributed by atoms with van der Waals surface area (Å²) in [6.45, 7) is 1.60. The molecule has 0 saturated heterocycles. The summed E-state index contributed by atoms with van der Waals surface area (Å²) in [6, 6.07) is 19.0. The van der Waals surface area contributed by atoms with Crippen LogP contribution in [0.1, 0.15) is 23.4 Å². The zero-order valence-electron chi connectivity index (χ0n) is 19.5. The Morgan fingerprint density at radius 3 is 2.64 bits per heavy atom. The summed E-state index contributed by atoms with van der Waals surface area (Å²) >= 11 is 0. The van der Waals surface area contributed by atoms with Gasteiger partial charge in [-0.2, -0.15) is 0 Å². The van der Waals surface area contributed by atoms with Crippen molar-refractivity contribution in [1.29, 1.82) is 0 Å². The summed E-state index contributed by atoms with van der Waals surface area (Å²) in [4.78, 5) is 42.1. The number of aromatic nitrogens is 2. The molecule has 0 saturated carbocycles. The molecule has 0 atom stereocenters. The first-order valence-electron chi connectivity index (χ1n) is 12.0. The van der Waals surface area contributed by atoms with Crippen molar-refractivity contribution in [3.05, 3.63) is 88.0 Å². The van der Waals surface area contributed by atoms with E-state index in [0.29, 0.717) is 23.1 Å². The molecule has 0 unspecified atom stereocenters. The van der Waals surface area contributed by atoms with Crippen molar-refractivity contribution < 1.29 is 14.3 Å². The summed E-state index contributed by atoms with van der Waals surface area (Å²) in [5, 5.41) is 5.65. The molecule has 0 spiro atoms. The number of carbonyl (C=O) groups excluding carboxylic acids is 2. The van der Waals surface area contributed by atoms with Crippen LogP contribution in [-0.2, 0) is 35.5 Å². The standard InChI is InChI=1S/C28H24N4O4/c33-26(27(34)30-21-8-9-23-22(15-21)28(35)32-12-1-2-25(32)31-23)29-16-17-3-5-18(6-4-17)19-7-10-24-20(14-19)11-13-36-24/h3-10,14-15H,1-2,11-13,16H2,(H,29,33)(H,30,34). The normalized spacial score (nSPS) is 13.7. The molecule has 1 aromatic heterocycles. The first-order chi connectivity index (χ1) is 17.5. The van der Waals surface area contributed by atoms with Gasteiger partial charge >= 0.3 is 11.8 Å². The van der Waals surface area contributed by atoms with Crippen molar-refractivity contribution in [2.45, 2.75) is 32.4 Å². The summed E-state index contributed by atoms with van der Waals surface area (Å²) in [7, 11) is 0. The second kappa shape index (κ2) is 8.96. The van der Waals surface area contributed by atoms with Crippen molar-refractivity contribution in [2.75, 3.05) is 11.9 Å². The molecule has 3 heterocycles. The molecule has 2 aliphatic rings. The monoisotopic (exact) mass is 480 g/mol. The van der Waals surface area contributed by atoms with Gasteiger partial charge in [0.2, 0.25) is 0 Å². The molecule has 0 radical (unpaired) electrons. The van der Waals surface area contributed by atoms with E-state index < -0.39 is 11.8 Å². The Morgan fingerprint density at radius 2 is 1.78 bits per heavy atom. The molecule has 2 aliphatic heterocycles. The Morgan fingerprint density at radius 1 is 0.944 bits per heavy atom. The number of nitrogens with one attached hydrogen (secondary N) is 2. The molecule has 8 nitrogen and oxygen atoms in total. The molecule has 0 aliphatic carbocycles. The van der Waals surface area contributed by atoms with E-state index in [1.165, 1.54) is 5.56 Å². The van der Waals surface area contributed by atoms with E-state index >= 15 is 0 Å². The fourth-order valence-corrected chi connectivity index (χ4v) is 4.79. The summed E-state index contributed by atoms with van der Waals surface area (Å²) in [5.41, 5.74) is 5.13. The highest BCUT2D eigenvalue weighted by atomic mass is 16.5. The van der Waals surface area contributed by atoms with Crippen LogP contribution in [-0.4, -0.2) is 28.0 Å². The minimum atomic E-state index is -0.791.